The van der Waals surface area contributed by atoms with Crippen LogP contribution in [0.3, 0.4) is 0 Å². The summed E-state index contributed by atoms with van der Waals surface area (Å²) < 4.78 is 2.25. The maximum atomic E-state index is 4.94. The van der Waals surface area contributed by atoms with Gasteiger partial charge >= 0.3 is 0 Å². The molecule has 48 heavy (non-hydrogen) atoms. The van der Waals surface area contributed by atoms with Crippen LogP contribution in [-0.2, 0) is 21.1 Å². The van der Waals surface area contributed by atoms with Crippen LogP contribution < -0.4 is 10.1 Å². The molecule has 242 valence electrons. The maximum absolute atomic E-state index is 4.94. The molecule has 7 heteroatoms. The average molecular weight is 827 g/mol. The number of aromatic nitrogens is 2. The number of para-hydroxylation sites is 3. The molecule has 1 aliphatic heterocycles. The second-order valence-electron chi connectivity index (χ2n) is 12.4. The Morgan fingerprint density at radius 3 is 2.29 bits per heavy atom. The van der Waals surface area contributed by atoms with E-state index < -0.39 is 0 Å². The molecule has 1 N–H and O–H groups in total. The Bertz CT molecular complexity index is 2260. The van der Waals surface area contributed by atoms with Gasteiger partial charge in [0.1, 0.15) is 17.2 Å². The molecule has 0 amide bonds. The second kappa shape index (κ2) is 13.3. The molecule has 0 radical (unpaired) electrons. The van der Waals surface area contributed by atoms with E-state index in [1.807, 2.05) is 11.3 Å². The van der Waals surface area contributed by atoms with E-state index >= 15 is 0 Å². The molecular weight excluding hydrogens is 792 g/mol. The first-order chi connectivity index (χ1) is 23.0. The van der Waals surface area contributed by atoms with Crippen LogP contribution in [0.5, 0.6) is 0 Å². The van der Waals surface area contributed by atoms with Crippen molar-refractivity contribution in [3.05, 3.63) is 139 Å². The van der Waals surface area contributed by atoms with Gasteiger partial charge in [-0.1, -0.05) is 74.0 Å². The smallest absolute Gasteiger partial charge is 0.145 e. The quantitative estimate of drug-likeness (QED) is 0.119. The zero-order chi connectivity index (χ0) is 32.1. The van der Waals surface area contributed by atoms with Crippen molar-refractivity contribution in [1.82, 2.24) is 9.55 Å². The Hall–Kier alpha value is -4.35. The fourth-order valence-electron chi connectivity index (χ4n) is 6.47. The molecule has 0 saturated carbocycles. The predicted octanol–water partition coefficient (Wildman–Crippen LogP) is 10.9. The van der Waals surface area contributed by atoms with Crippen LogP contribution in [0.15, 0.2) is 131 Å². The Morgan fingerprint density at radius 1 is 0.708 bits per heavy atom. The molecule has 5 nitrogen and oxygen atoms in total. The van der Waals surface area contributed by atoms with Crippen molar-refractivity contribution in [2.24, 2.45) is 0 Å². The zero-order valence-corrected chi connectivity index (χ0v) is 30.3. The summed E-state index contributed by atoms with van der Waals surface area (Å²) in [6.45, 7) is 8.80. The summed E-state index contributed by atoms with van der Waals surface area (Å²) in [7, 11) is 0. The summed E-state index contributed by atoms with van der Waals surface area (Å²) in [5.74, 6) is 1.30. The third kappa shape index (κ3) is 5.72. The largest absolute Gasteiger partial charge is 0.319 e. The maximum Gasteiger partial charge on any atom is 0.145 e. The van der Waals surface area contributed by atoms with E-state index in [1.165, 1.54) is 16.5 Å². The standard InChI is InChI=1S/C41H34N4OS.Pt/c1-27(2)33-14-5-6-15-34(33)29-22-23-42-41(24-29)43-37-17-8-7-16-35(37)36-21-20-32(26-40(36)43)47-31-13-11-12-30(25-31)45-39-19-10-9-18-38(39)44(46-45)28(3)4;/h5-24,27-28H,1-4H3;/q-2;/p+1. The third-order valence-corrected chi connectivity index (χ3v) is 9.57. The number of anilines is 3. The number of hydrogen-bond donors (Lipinski definition) is 0. The van der Waals surface area contributed by atoms with Crippen LogP contribution in [-0.4, -0.2) is 20.5 Å². The molecule has 0 saturated heterocycles. The molecule has 3 heterocycles. The van der Waals surface area contributed by atoms with E-state index in [9.17, 15) is 0 Å². The van der Waals surface area contributed by atoms with Gasteiger partial charge in [0.05, 0.1) is 6.04 Å². The number of nitrogens with zero attached hydrogens (tertiary/aromatic N) is 4. The molecule has 5 aromatic carbocycles. The van der Waals surface area contributed by atoms with Gasteiger partial charge in [-0.2, -0.15) is 29.2 Å². The van der Waals surface area contributed by atoms with Crippen LogP contribution in [0, 0.1) is 12.1 Å². The van der Waals surface area contributed by atoms with Gasteiger partial charge in [-0.05, 0) is 72.2 Å². The molecule has 0 aliphatic carbocycles. The number of pyridine rings is 1. The summed E-state index contributed by atoms with van der Waals surface area (Å²) in [6.07, 6.45) is 1.92. The molecule has 0 atom stereocenters. The summed E-state index contributed by atoms with van der Waals surface area (Å²) in [6, 6.07) is 48.1. The second-order valence-corrected chi connectivity index (χ2v) is 13.5. The Balaban J connectivity index is 0.00000364. The summed E-state index contributed by atoms with van der Waals surface area (Å²) in [5.41, 5.74) is 8.92. The van der Waals surface area contributed by atoms with Crippen LogP contribution in [0.4, 0.5) is 17.1 Å². The van der Waals surface area contributed by atoms with Crippen molar-refractivity contribution in [3.63, 3.8) is 0 Å². The zero-order valence-electron chi connectivity index (χ0n) is 27.2. The summed E-state index contributed by atoms with van der Waals surface area (Å²) >= 11 is 1.66. The summed E-state index contributed by atoms with van der Waals surface area (Å²) in [5, 5.41) is 6.38. The van der Waals surface area contributed by atoms with Crippen molar-refractivity contribution >= 4 is 50.6 Å². The molecule has 8 rings (SSSR count). The van der Waals surface area contributed by atoms with E-state index in [0.29, 0.717) is 5.92 Å². The van der Waals surface area contributed by atoms with Gasteiger partial charge in [0, 0.05) is 38.5 Å². The monoisotopic (exact) mass is 826 g/mol. The van der Waals surface area contributed by atoms with Crippen molar-refractivity contribution < 1.29 is 26.0 Å². The SMILES string of the molecule is CC(C)c1ccccc1-c1ccnc(-n2c3[c-]c(Sc4[c-]c(N5[OH+]N(C(C)C)c6ccccc65)ccc4)ccc3c3ccccc32)c1.[Pt]. The Kier molecular flexibility index (Phi) is 8.91. The van der Waals surface area contributed by atoms with Gasteiger partial charge < -0.3 is 4.57 Å². The minimum absolute atomic E-state index is 0. The van der Waals surface area contributed by atoms with Crippen LogP contribution in [0.25, 0.3) is 38.8 Å². The fourth-order valence-corrected chi connectivity index (χ4v) is 7.29. The predicted molar refractivity (Wildman–Crippen MR) is 194 cm³/mol. The molecule has 1 aliphatic rings. The van der Waals surface area contributed by atoms with Crippen LogP contribution in [0.2, 0.25) is 0 Å². The first kappa shape index (κ1) is 32.2. The van der Waals surface area contributed by atoms with Crippen molar-refractivity contribution in [1.29, 1.82) is 0 Å². The van der Waals surface area contributed by atoms with Crippen LogP contribution in [0.1, 0.15) is 39.2 Å². The topological polar surface area (TPSA) is 37.1 Å². The minimum atomic E-state index is 0. The number of hydrogen-bond acceptors (Lipinski definition) is 4. The number of rotatable bonds is 7. The molecular formula is C41H35N4OPtS-. The van der Waals surface area contributed by atoms with Gasteiger partial charge in [0.2, 0.25) is 0 Å². The Labute approximate surface area is 300 Å². The van der Waals surface area contributed by atoms with Crippen molar-refractivity contribution in [2.45, 2.75) is 49.4 Å². The molecule has 0 fully saturated rings. The van der Waals surface area contributed by atoms with Gasteiger partial charge in [-0.3, -0.25) is 0 Å². The van der Waals surface area contributed by atoms with E-state index in [4.69, 9.17) is 9.92 Å². The number of benzene rings is 5. The molecule has 0 bridgehead atoms. The number of fused-ring (bicyclic) bond motifs is 4. The van der Waals surface area contributed by atoms with Gasteiger partial charge in [-0.15, -0.1) is 55.3 Å². The van der Waals surface area contributed by atoms with Crippen LogP contribution >= 0.6 is 11.8 Å². The van der Waals surface area contributed by atoms with E-state index in [2.05, 4.69) is 165 Å². The first-order valence-electron chi connectivity index (χ1n) is 16.1. The van der Waals surface area contributed by atoms with Gasteiger partial charge in [-0.25, -0.2) is 4.98 Å². The van der Waals surface area contributed by atoms with E-state index in [0.717, 1.165) is 54.7 Å². The minimum Gasteiger partial charge on any atom is -0.319 e. The molecule has 2 aromatic heterocycles. The normalized spacial score (nSPS) is 12.7. The third-order valence-electron chi connectivity index (χ3n) is 8.66. The fraction of sp³-hybridized carbons (Fsp3) is 0.146. The number of hydroxylamine groups is 1. The molecule has 7 aromatic rings. The first-order valence-corrected chi connectivity index (χ1v) is 16.9. The molecule has 0 spiro atoms. The average Bonchev–Trinajstić information content (AvgIpc) is 3.65. The van der Waals surface area contributed by atoms with E-state index in [-0.39, 0.29) is 27.1 Å². The van der Waals surface area contributed by atoms with Crippen molar-refractivity contribution in [3.8, 4) is 16.9 Å². The molecule has 0 unspecified atom stereocenters. The van der Waals surface area contributed by atoms with Crippen molar-refractivity contribution in [2.75, 3.05) is 10.1 Å². The summed E-state index contributed by atoms with van der Waals surface area (Å²) in [4.78, 5) is 11.8. The Morgan fingerprint density at radius 2 is 1.46 bits per heavy atom. The van der Waals surface area contributed by atoms with E-state index in [1.54, 1.807) is 11.8 Å². The van der Waals surface area contributed by atoms with Gasteiger partial charge in [0.25, 0.3) is 0 Å². The van der Waals surface area contributed by atoms with Gasteiger partial charge in [0.15, 0.2) is 0 Å².